The zero-order valence-corrected chi connectivity index (χ0v) is 21.3. The average Bonchev–Trinajstić information content (AvgIpc) is 3.34. The molecule has 0 radical (unpaired) electrons. The molecular weight excluding hydrogens is 513 g/mol. The molecule has 2 N–H and O–H groups in total. The molecule has 1 aromatic heterocycles. The van der Waals surface area contributed by atoms with Gasteiger partial charge in [-0.3, -0.25) is 9.59 Å². The molecule has 4 rings (SSSR count). The largest absolute Gasteiger partial charge is 0.494 e. The van der Waals surface area contributed by atoms with Gasteiger partial charge in [-0.05, 0) is 61.0 Å². The summed E-state index contributed by atoms with van der Waals surface area (Å²) in [6, 6.07) is 21.7. The number of nitrogens with one attached hydrogen (secondary N) is 2. The van der Waals surface area contributed by atoms with Crippen molar-refractivity contribution in [2.24, 2.45) is 5.10 Å². The Bertz CT molecular complexity index is 1420. The van der Waals surface area contributed by atoms with Gasteiger partial charge in [0.1, 0.15) is 11.4 Å². The van der Waals surface area contributed by atoms with Crippen LogP contribution >= 0.6 is 23.2 Å². The summed E-state index contributed by atoms with van der Waals surface area (Å²) in [6.07, 6.45) is 4.13. The highest BCUT2D eigenvalue weighted by molar-refractivity contribution is 6.42. The van der Waals surface area contributed by atoms with E-state index in [4.69, 9.17) is 33.0 Å². The molecule has 10 heteroatoms. The lowest BCUT2D eigenvalue weighted by Crippen LogP contribution is -2.32. The van der Waals surface area contributed by atoms with Gasteiger partial charge < -0.3 is 10.1 Å². The third kappa shape index (κ3) is 6.75. The summed E-state index contributed by atoms with van der Waals surface area (Å²) in [5.41, 5.74) is 5.40. The van der Waals surface area contributed by atoms with Gasteiger partial charge in [-0.25, -0.2) is 10.1 Å². The number of aromatic nitrogens is 2. The number of hydrogen-bond donors (Lipinski definition) is 2. The molecule has 0 atom stereocenters. The van der Waals surface area contributed by atoms with Gasteiger partial charge in [-0.1, -0.05) is 48.3 Å². The van der Waals surface area contributed by atoms with Crippen molar-refractivity contribution in [3.63, 3.8) is 0 Å². The molecule has 8 nitrogen and oxygen atoms in total. The molecule has 0 unspecified atom stereocenters. The van der Waals surface area contributed by atoms with E-state index in [0.29, 0.717) is 22.9 Å². The first kappa shape index (κ1) is 25.9. The highest BCUT2D eigenvalue weighted by atomic mass is 35.5. The van der Waals surface area contributed by atoms with Gasteiger partial charge in [0.25, 0.3) is 0 Å². The average molecular weight is 536 g/mol. The van der Waals surface area contributed by atoms with Gasteiger partial charge in [0.2, 0.25) is 0 Å². The molecule has 0 saturated heterocycles. The second-order valence-corrected chi connectivity index (χ2v) is 8.71. The molecule has 0 spiro atoms. The van der Waals surface area contributed by atoms with Crippen molar-refractivity contribution in [2.45, 2.75) is 13.3 Å². The molecule has 2 amide bonds. The maximum Gasteiger partial charge on any atom is 0.329 e. The summed E-state index contributed by atoms with van der Waals surface area (Å²) in [5, 5.41) is 11.7. The number of amides is 2. The maximum atomic E-state index is 12.3. The smallest absolute Gasteiger partial charge is 0.329 e. The van der Waals surface area contributed by atoms with E-state index in [9.17, 15) is 9.59 Å². The van der Waals surface area contributed by atoms with E-state index in [0.717, 1.165) is 23.4 Å². The van der Waals surface area contributed by atoms with Crippen LogP contribution in [0.15, 0.2) is 84.1 Å². The fraction of sp³-hybridized carbons (Fsp3) is 0.111. The lowest BCUT2D eigenvalue weighted by atomic mass is 10.1. The number of nitrogens with zero attached hydrogens (tertiary/aromatic N) is 3. The predicted octanol–water partition coefficient (Wildman–Crippen LogP) is 5.72. The van der Waals surface area contributed by atoms with E-state index in [1.54, 1.807) is 16.9 Å². The monoisotopic (exact) mass is 535 g/mol. The Hall–Kier alpha value is -4.14. The zero-order chi connectivity index (χ0) is 26.2. The third-order valence-electron chi connectivity index (χ3n) is 5.12. The number of hydrogen-bond acceptors (Lipinski definition) is 5. The standard InChI is InChI=1S/C27H23Cl2N5O3/c1-2-14-37-22-11-8-18(9-12-22)25-19(17-34(33-25)21-6-4-3-5-7-21)16-30-32-27(36)26(35)31-24-15-20(28)10-13-23(24)29/h3-13,15-17H,2,14H2,1H3,(H,31,35)(H,32,36). The molecule has 37 heavy (non-hydrogen) atoms. The van der Waals surface area contributed by atoms with Crippen LogP contribution in [-0.2, 0) is 9.59 Å². The Morgan fingerprint density at radius 1 is 1.03 bits per heavy atom. The van der Waals surface area contributed by atoms with Crippen LogP contribution in [0.5, 0.6) is 5.75 Å². The van der Waals surface area contributed by atoms with E-state index in [1.807, 2.05) is 61.5 Å². The fourth-order valence-corrected chi connectivity index (χ4v) is 3.67. The second kappa shape index (κ2) is 12.2. The van der Waals surface area contributed by atoms with E-state index in [-0.39, 0.29) is 10.7 Å². The Kier molecular flexibility index (Phi) is 8.56. The first-order valence-corrected chi connectivity index (χ1v) is 12.2. The SMILES string of the molecule is CCCOc1ccc(-c2nn(-c3ccccc3)cc2C=NNC(=O)C(=O)Nc2cc(Cl)ccc2Cl)cc1. The van der Waals surface area contributed by atoms with Crippen LogP contribution in [-0.4, -0.2) is 34.4 Å². The molecule has 0 aliphatic carbocycles. The van der Waals surface area contributed by atoms with Gasteiger partial charge >= 0.3 is 11.8 Å². The molecule has 4 aromatic rings. The summed E-state index contributed by atoms with van der Waals surface area (Å²) < 4.78 is 7.38. The number of carbonyl (C=O) groups is 2. The number of ether oxygens (including phenoxy) is 1. The lowest BCUT2D eigenvalue weighted by Gasteiger charge is -2.06. The molecule has 0 bridgehead atoms. The van der Waals surface area contributed by atoms with Gasteiger partial charge in [0.05, 0.1) is 29.2 Å². The minimum absolute atomic E-state index is 0.219. The van der Waals surface area contributed by atoms with Gasteiger partial charge in [0, 0.05) is 22.3 Å². The van der Waals surface area contributed by atoms with E-state index >= 15 is 0 Å². The number of hydrazone groups is 1. The van der Waals surface area contributed by atoms with Crippen LogP contribution in [0.1, 0.15) is 18.9 Å². The number of benzene rings is 3. The van der Waals surface area contributed by atoms with E-state index in [1.165, 1.54) is 18.3 Å². The van der Waals surface area contributed by atoms with Crippen LogP contribution in [0.25, 0.3) is 16.9 Å². The summed E-state index contributed by atoms with van der Waals surface area (Å²) in [5.74, 6) is -1.15. The topological polar surface area (TPSA) is 97.6 Å². The summed E-state index contributed by atoms with van der Waals surface area (Å²) in [4.78, 5) is 24.6. The Morgan fingerprint density at radius 3 is 2.51 bits per heavy atom. The lowest BCUT2D eigenvalue weighted by molar-refractivity contribution is -0.136. The summed E-state index contributed by atoms with van der Waals surface area (Å²) in [6.45, 7) is 2.68. The first-order chi connectivity index (χ1) is 17.9. The third-order valence-corrected chi connectivity index (χ3v) is 5.68. The van der Waals surface area contributed by atoms with Crippen molar-refractivity contribution in [1.82, 2.24) is 15.2 Å². The van der Waals surface area contributed by atoms with Crippen molar-refractivity contribution < 1.29 is 14.3 Å². The number of carbonyl (C=O) groups excluding carboxylic acids is 2. The summed E-state index contributed by atoms with van der Waals surface area (Å²) >= 11 is 12.0. The Balaban J connectivity index is 1.53. The Labute approximate surface area is 223 Å². The van der Waals surface area contributed by atoms with Crippen molar-refractivity contribution >= 4 is 46.9 Å². The van der Waals surface area contributed by atoms with Crippen LogP contribution < -0.4 is 15.5 Å². The molecule has 0 saturated carbocycles. The van der Waals surface area contributed by atoms with Crippen LogP contribution in [0.2, 0.25) is 10.0 Å². The molecule has 0 fully saturated rings. The van der Waals surface area contributed by atoms with Crippen LogP contribution in [0, 0.1) is 0 Å². The molecule has 188 valence electrons. The highest BCUT2D eigenvalue weighted by Gasteiger charge is 2.16. The number of halogens is 2. The van der Waals surface area contributed by atoms with Gasteiger partial charge in [-0.2, -0.15) is 10.2 Å². The number of anilines is 1. The fourth-order valence-electron chi connectivity index (χ4n) is 3.33. The van der Waals surface area contributed by atoms with Crippen molar-refractivity contribution in [3.8, 4) is 22.7 Å². The zero-order valence-electron chi connectivity index (χ0n) is 19.8. The van der Waals surface area contributed by atoms with Crippen LogP contribution in [0.4, 0.5) is 5.69 Å². The van der Waals surface area contributed by atoms with Gasteiger partial charge in [0.15, 0.2) is 0 Å². The minimum Gasteiger partial charge on any atom is -0.494 e. The predicted molar refractivity (Wildman–Crippen MR) is 146 cm³/mol. The molecule has 3 aromatic carbocycles. The summed E-state index contributed by atoms with van der Waals surface area (Å²) in [7, 11) is 0. The van der Waals surface area contributed by atoms with E-state index in [2.05, 4.69) is 15.8 Å². The number of para-hydroxylation sites is 1. The quantitative estimate of drug-likeness (QED) is 0.171. The van der Waals surface area contributed by atoms with Crippen LogP contribution in [0.3, 0.4) is 0 Å². The van der Waals surface area contributed by atoms with Gasteiger partial charge in [-0.15, -0.1) is 0 Å². The first-order valence-electron chi connectivity index (χ1n) is 11.4. The second-order valence-electron chi connectivity index (χ2n) is 7.86. The normalized spacial score (nSPS) is 10.9. The minimum atomic E-state index is -0.971. The number of rotatable bonds is 8. The highest BCUT2D eigenvalue weighted by Crippen LogP contribution is 2.26. The molecule has 0 aliphatic heterocycles. The Morgan fingerprint density at radius 2 is 1.78 bits per heavy atom. The van der Waals surface area contributed by atoms with Crippen molar-refractivity contribution in [1.29, 1.82) is 0 Å². The molecule has 1 heterocycles. The maximum absolute atomic E-state index is 12.3. The molecular formula is C27H23Cl2N5O3. The van der Waals surface area contributed by atoms with Crippen molar-refractivity contribution in [3.05, 3.63) is 94.6 Å². The van der Waals surface area contributed by atoms with Crippen molar-refractivity contribution in [2.75, 3.05) is 11.9 Å². The van der Waals surface area contributed by atoms with E-state index < -0.39 is 11.8 Å². The molecule has 0 aliphatic rings.